The van der Waals surface area contributed by atoms with Crippen molar-refractivity contribution in [1.82, 2.24) is 9.62 Å². The summed E-state index contributed by atoms with van der Waals surface area (Å²) in [6.07, 6.45) is 4.28. The molecular weight excluding hydrogens is 264 g/mol. The molecule has 0 aliphatic rings. The topological polar surface area (TPSA) is 66.5 Å². The van der Waals surface area contributed by atoms with E-state index in [0.717, 1.165) is 19.3 Å². The van der Waals surface area contributed by atoms with Gasteiger partial charge in [0.25, 0.3) is 0 Å². The van der Waals surface area contributed by atoms with Crippen LogP contribution in [0.3, 0.4) is 0 Å². The first-order chi connectivity index (χ1) is 8.56. The van der Waals surface area contributed by atoms with Crippen molar-refractivity contribution in [3.63, 3.8) is 0 Å². The number of nitrogens with one attached hydrogen (secondary N) is 1. The molecule has 0 atom stereocenters. The first-order valence-corrected chi connectivity index (χ1v) is 8.67. The smallest absolute Gasteiger partial charge is 0.221 e. The maximum absolute atomic E-state index is 11.7. The van der Waals surface area contributed by atoms with Crippen LogP contribution in [0.25, 0.3) is 0 Å². The minimum absolute atomic E-state index is 0.114. The van der Waals surface area contributed by atoms with E-state index in [1.165, 1.54) is 10.6 Å². The number of amides is 1. The molecule has 114 valence electrons. The average Bonchev–Trinajstić information content (AvgIpc) is 2.18. The Hall–Kier alpha value is -0.620. The summed E-state index contributed by atoms with van der Waals surface area (Å²) >= 11 is 0. The van der Waals surface area contributed by atoms with E-state index >= 15 is 0 Å². The number of carbonyl (C=O) groups is 1. The molecular formula is C13H28N2O3S. The molecule has 19 heavy (non-hydrogen) atoms. The second-order valence-electron chi connectivity index (χ2n) is 5.92. The first kappa shape index (κ1) is 18.4. The summed E-state index contributed by atoms with van der Waals surface area (Å²) in [5.74, 6) is -0.114. The molecule has 0 aromatic carbocycles. The molecule has 0 saturated carbocycles. The Balaban J connectivity index is 4.31. The van der Waals surface area contributed by atoms with Gasteiger partial charge in [-0.05, 0) is 27.2 Å². The van der Waals surface area contributed by atoms with Gasteiger partial charge in [0.2, 0.25) is 15.9 Å². The lowest BCUT2D eigenvalue weighted by atomic mass is 10.1. The van der Waals surface area contributed by atoms with E-state index < -0.39 is 10.0 Å². The highest BCUT2D eigenvalue weighted by Gasteiger charge is 2.19. The summed E-state index contributed by atoms with van der Waals surface area (Å²) in [6, 6.07) is 0. The SMILES string of the molecule is CCCCCN(CCC(=O)NC(C)(C)C)S(C)(=O)=O. The molecule has 0 aromatic heterocycles. The van der Waals surface area contributed by atoms with Gasteiger partial charge < -0.3 is 5.32 Å². The van der Waals surface area contributed by atoms with Crippen molar-refractivity contribution in [2.45, 2.75) is 58.9 Å². The summed E-state index contributed by atoms with van der Waals surface area (Å²) in [6.45, 7) is 8.53. The van der Waals surface area contributed by atoms with Crippen molar-refractivity contribution in [2.24, 2.45) is 0 Å². The summed E-state index contributed by atoms with van der Waals surface area (Å²) < 4.78 is 24.6. The van der Waals surface area contributed by atoms with Crippen molar-refractivity contribution >= 4 is 15.9 Å². The molecule has 5 nitrogen and oxygen atoms in total. The first-order valence-electron chi connectivity index (χ1n) is 6.82. The Kier molecular flexibility index (Phi) is 7.59. The highest BCUT2D eigenvalue weighted by Crippen LogP contribution is 2.06. The Bertz CT molecular complexity index is 372. The van der Waals surface area contributed by atoms with Gasteiger partial charge in [0.15, 0.2) is 0 Å². The van der Waals surface area contributed by atoms with E-state index in [9.17, 15) is 13.2 Å². The van der Waals surface area contributed by atoms with Gasteiger partial charge in [-0.3, -0.25) is 4.79 Å². The van der Waals surface area contributed by atoms with E-state index in [4.69, 9.17) is 0 Å². The number of unbranched alkanes of at least 4 members (excludes halogenated alkanes) is 2. The number of sulfonamides is 1. The van der Waals surface area contributed by atoms with Gasteiger partial charge in [-0.2, -0.15) is 0 Å². The molecule has 0 bridgehead atoms. The third-order valence-corrected chi connectivity index (χ3v) is 3.89. The quantitative estimate of drug-likeness (QED) is 0.693. The van der Waals surface area contributed by atoms with Gasteiger partial charge in [0.05, 0.1) is 6.26 Å². The van der Waals surface area contributed by atoms with Gasteiger partial charge in [-0.25, -0.2) is 12.7 Å². The minimum Gasteiger partial charge on any atom is -0.351 e. The van der Waals surface area contributed by atoms with Crippen LogP contribution in [0.2, 0.25) is 0 Å². The number of carbonyl (C=O) groups excluding carboxylic acids is 1. The molecule has 1 amide bonds. The van der Waals surface area contributed by atoms with Gasteiger partial charge in [-0.1, -0.05) is 19.8 Å². The largest absolute Gasteiger partial charge is 0.351 e. The third-order valence-electron chi connectivity index (χ3n) is 2.58. The van der Waals surface area contributed by atoms with Crippen LogP contribution in [-0.4, -0.2) is 43.5 Å². The Labute approximate surface area is 117 Å². The molecule has 0 aromatic rings. The highest BCUT2D eigenvalue weighted by molar-refractivity contribution is 7.88. The second-order valence-corrected chi connectivity index (χ2v) is 7.90. The van der Waals surface area contributed by atoms with Gasteiger partial charge >= 0.3 is 0 Å². The number of rotatable bonds is 8. The molecule has 6 heteroatoms. The van der Waals surface area contributed by atoms with Crippen LogP contribution in [0.1, 0.15) is 53.4 Å². The number of hydrogen-bond donors (Lipinski definition) is 1. The molecule has 0 aliphatic heterocycles. The third kappa shape index (κ3) is 9.90. The maximum atomic E-state index is 11.7. The molecule has 0 unspecified atom stereocenters. The van der Waals surface area contributed by atoms with Crippen molar-refractivity contribution in [3.05, 3.63) is 0 Å². The Morgan fingerprint density at radius 2 is 1.74 bits per heavy atom. The maximum Gasteiger partial charge on any atom is 0.221 e. The zero-order chi connectivity index (χ0) is 15.1. The lowest BCUT2D eigenvalue weighted by molar-refractivity contribution is -0.122. The average molecular weight is 292 g/mol. The van der Waals surface area contributed by atoms with E-state index in [2.05, 4.69) is 12.2 Å². The Morgan fingerprint density at radius 3 is 2.16 bits per heavy atom. The van der Waals surface area contributed by atoms with E-state index in [1.807, 2.05) is 20.8 Å². The fraction of sp³-hybridized carbons (Fsp3) is 0.923. The van der Waals surface area contributed by atoms with Gasteiger partial charge in [0, 0.05) is 25.0 Å². The van der Waals surface area contributed by atoms with Gasteiger partial charge in [-0.15, -0.1) is 0 Å². The lowest BCUT2D eigenvalue weighted by Gasteiger charge is -2.23. The molecule has 0 saturated heterocycles. The summed E-state index contributed by atoms with van der Waals surface area (Å²) in [5, 5.41) is 2.83. The van der Waals surface area contributed by atoms with Crippen molar-refractivity contribution < 1.29 is 13.2 Å². The lowest BCUT2D eigenvalue weighted by Crippen LogP contribution is -2.42. The van der Waals surface area contributed by atoms with Crippen molar-refractivity contribution in [2.75, 3.05) is 19.3 Å². The molecule has 0 radical (unpaired) electrons. The molecule has 0 fully saturated rings. The number of nitrogens with zero attached hydrogens (tertiary/aromatic N) is 1. The molecule has 1 N–H and O–H groups in total. The molecule has 0 aliphatic carbocycles. The molecule has 0 heterocycles. The van der Waals surface area contributed by atoms with Crippen LogP contribution < -0.4 is 5.32 Å². The standard InChI is InChI=1S/C13H28N2O3S/c1-6-7-8-10-15(19(5,17)18)11-9-12(16)14-13(2,3)4/h6-11H2,1-5H3,(H,14,16). The fourth-order valence-electron chi connectivity index (χ4n) is 1.69. The zero-order valence-corrected chi connectivity index (χ0v) is 13.6. The predicted molar refractivity (Wildman–Crippen MR) is 78.5 cm³/mol. The number of hydrogen-bond acceptors (Lipinski definition) is 3. The van der Waals surface area contributed by atoms with E-state index in [-0.39, 0.29) is 24.4 Å². The van der Waals surface area contributed by atoms with Crippen LogP contribution in [-0.2, 0) is 14.8 Å². The van der Waals surface area contributed by atoms with E-state index in [0.29, 0.717) is 6.54 Å². The fourth-order valence-corrected chi connectivity index (χ4v) is 2.57. The highest BCUT2D eigenvalue weighted by atomic mass is 32.2. The monoisotopic (exact) mass is 292 g/mol. The minimum atomic E-state index is -3.23. The zero-order valence-electron chi connectivity index (χ0n) is 12.8. The molecule has 0 rings (SSSR count). The van der Waals surface area contributed by atoms with Gasteiger partial charge in [0.1, 0.15) is 0 Å². The Morgan fingerprint density at radius 1 is 1.16 bits per heavy atom. The van der Waals surface area contributed by atoms with Crippen LogP contribution in [0.15, 0.2) is 0 Å². The second kappa shape index (κ2) is 7.85. The molecule has 0 spiro atoms. The van der Waals surface area contributed by atoms with Crippen molar-refractivity contribution in [3.8, 4) is 0 Å². The summed E-state index contributed by atoms with van der Waals surface area (Å²) in [5.41, 5.74) is -0.283. The summed E-state index contributed by atoms with van der Waals surface area (Å²) in [4.78, 5) is 11.7. The van der Waals surface area contributed by atoms with Crippen LogP contribution in [0.5, 0.6) is 0 Å². The normalized spacial score (nSPS) is 12.7. The van der Waals surface area contributed by atoms with Crippen LogP contribution in [0.4, 0.5) is 0 Å². The van der Waals surface area contributed by atoms with Crippen LogP contribution in [0, 0.1) is 0 Å². The van der Waals surface area contributed by atoms with E-state index in [1.54, 1.807) is 0 Å². The van der Waals surface area contributed by atoms with Crippen LogP contribution >= 0.6 is 0 Å². The van der Waals surface area contributed by atoms with Crippen molar-refractivity contribution in [1.29, 1.82) is 0 Å². The predicted octanol–water partition coefficient (Wildman–Crippen LogP) is 1.74. The summed E-state index contributed by atoms with van der Waals surface area (Å²) in [7, 11) is -3.23.